The third-order valence-corrected chi connectivity index (χ3v) is 2.69. The van der Waals surface area contributed by atoms with E-state index in [4.69, 9.17) is 9.84 Å². The molecule has 21 heavy (non-hydrogen) atoms. The van der Waals surface area contributed by atoms with Crippen molar-refractivity contribution >= 4 is 17.8 Å². The average molecular weight is 294 g/mol. The Labute approximate surface area is 122 Å². The number of carboxylic acids is 1. The van der Waals surface area contributed by atoms with E-state index in [1.54, 1.807) is 30.3 Å². The van der Waals surface area contributed by atoms with Gasteiger partial charge in [0.25, 0.3) is 5.91 Å². The normalized spacial score (nSPS) is 11.5. The monoisotopic (exact) mass is 294 g/mol. The maximum Gasteiger partial charge on any atom is 0.326 e. The zero-order chi connectivity index (χ0) is 15.7. The topological polar surface area (TPSA) is 105 Å². The van der Waals surface area contributed by atoms with Gasteiger partial charge >= 0.3 is 5.97 Å². The van der Waals surface area contributed by atoms with E-state index in [-0.39, 0.29) is 19.6 Å². The molecular weight excluding hydrogens is 276 g/mol. The van der Waals surface area contributed by atoms with Gasteiger partial charge in [0, 0.05) is 25.7 Å². The lowest BCUT2D eigenvalue weighted by Gasteiger charge is -2.14. The standard InChI is InChI=1S/C14H18N2O5/c1-21-8-7-11(14(19)20)16-12(17)9-15-13(18)10-5-3-2-4-6-10/h2-6,11H,7-9H2,1H3,(H,15,18)(H,16,17)(H,19,20). The zero-order valence-electron chi connectivity index (χ0n) is 11.7. The number of hydrogen-bond donors (Lipinski definition) is 3. The van der Waals surface area contributed by atoms with E-state index in [1.807, 2.05) is 0 Å². The van der Waals surface area contributed by atoms with Crippen molar-refractivity contribution in [3.8, 4) is 0 Å². The Morgan fingerprint density at radius 2 is 1.90 bits per heavy atom. The number of rotatable bonds is 8. The molecule has 1 atom stereocenters. The third-order valence-electron chi connectivity index (χ3n) is 2.69. The lowest BCUT2D eigenvalue weighted by Crippen LogP contribution is -2.46. The molecule has 7 heteroatoms. The Morgan fingerprint density at radius 3 is 2.48 bits per heavy atom. The first kappa shape index (κ1) is 16.6. The van der Waals surface area contributed by atoms with Gasteiger partial charge in [-0.05, 0) is 12.1 Å². The van der Waals surface area contributed by atoms with Gasteiger partial charge in [0.1, 0.15) is 6.04 Å². The van der Waals surface area contributed by atoms with E-state index in [0.29, 0.717) is 5.56 Å². The van der Waals surface area contributed by atoms with Gasteiger partial charge in [0.05, 0.1) is 6.54 Å². The van der Waals surface area contributed by atoms with Crippen LogP contribution in [0.25, 0.3) is 0 Å². The van der Waals surface area contributed by atoms with Gasteiger partial charge in [0.15, 0.2) is 0 Å². The quantitative estimate of drug-likeness (QED) is 0.627. The molecule has 2 amide bonds. The lowest BCUT2D eigenvalue weighted by atomic mass is 10.2. The predicted molar refractivity (Wildman–Crippen MR) is 74.8 cm³/mol. The Morgan fingerprint density at radius 1 is 1.24 bits per heavy atom. The van der Waals surface area contributed by atoms with Crippen LogP contribution < -0.4 is 10.6 Å². The van der Waals surface area contributed by atoms with Crippen molar-refractivity contribution in [2.45, 2.75) is 12.5 Å². The summed E-state index contributed by atoms with van der Waals surface area (Å²) in [4.78, 5) is 34.3. The highest BCUT2D eigenvalue weighted by molar-refractivity contribution is 5.96. The molecule has 1 aromatic carbocycles. The van der Waals surface area contributed by atoms with E-state index in [1.165, 1.54) is 7.11 Å². The number of nitrogens with one attached hydrogen (secondary N) is 2. The lowest BCUT2D eigenvalue weighted by molar-refractivity contribution is -0.142. The molecule has 114 valence electrons. The van der Waals surface area contributed by atoms with Crippen LogP contribution in [-0.4, -0.2) is 49.2 Å². The number of amides is 2. The van der Waals surface area contributed by atoms with Crippen LogP contribution in [-0.2, 0) is 14.3 Å². The van der Waals surface area contributed by atoms with Crippen LogP contribution >= 0.6 is 0 Å². The van der Waals surface area contributed by atoms with Crippen molar-refractivity contribution in [1.29, 1.82) is 0 Å². The number of carbonyl (C=O) groups is 3. The smallest absolute Gasteiger partial charge is 0.326 e. The number of carbonyl (C=O) groups excluding carboxylic acids is 2. The maximum absolute atomic E-state index is 11.7. The van der Waals surface area contributed by atoms with E-state index in [0.717, 1.165) is 0 Å². The number of ether oxygens (including phenoxy) is 1. The molecule has 0 heterocycles. The molecule has 1 aromatic rings. The second kappa shape index (κ2) is 8.70. The molecule has 0 saturated carbocycles. The second-order valence-electron chi connectivity index (χ2n) is 4.29. The Kier molecular flexibility index (Phi) is 6.90. The molecule has 0 aliphatic heterocycles. The average Bonchev–Trinajstić information content (AvgIpc) is 2.49. The fraction of sp³-hybridized carbons (Fsp3) is 0.357. The van der Waals surface area contributed by atoms with Crippen LogP contribution in [0, 0.1) is 0 Å². The van der Waals surface area contributed by atoms with E-state index in [2.05, 4.69) is 10.6 Å². The van der Waals surface area contributed by atoms with Crippen LogP contribution in [0.3, 0.4) is 0 Å². The molecule has 0 aliphatic carbocycles. The zero-order valence-corrected chi connectivity index (χ0v) is 11.7. The van der Waals surface area contributed by atoms with Gasteiger partial charge < -0.3 is 20.5 Å². The van der Waals surface area contributed by atoms with Crippen molar-refractivity contribution in [1.82, 2.24) is 10.6 Å². The molecule has 1 unspecified atom stereocenters. The van der Waals surface area contributed by atoms with Crippen LogP contribution in [0.5, 0.6) is 0 Å². The van der Waals surface area contributed by atoms with Crippen molar-refractivity contribution in [3.05, 3.63) is 35.9 Å². The maximum atomic E-state index is 11.7. The van der Waals surface area contributed by atoms with Crippen molar-refractivity contribution in [2.75, 3.05) is 20.3 Å². The fourth-order valence-electron chi connectivity index (χ4n) is 1.59. The minimum atomic E-state index is -1.14. The third kappa shape index (κ3) is 6.05. The number of aliphatic carboxylic acids is 1. The molecule has 0 spiro atoms. The summed E-state index contributed by atoms with van der Waals surface area (Å²) in [6.07, 6.45) is 0.157. The molecule has 3 N–H and O–H groups in total. The molecule has 0 bridgehead atoms. The Balaban J connectivity index is 2.42. The highest BCUT2D eigenvalue weighted by atomic mass is 16.5. The first-order valence-corrected chi connectivity index (χ1v) is 6.39. The summed E-state index contributed by atoms with van der Waals surface area (Å²) in [6, 6.07) is 7.39. The summed E-state index contributed by atoms with van der Waals surface area (Å²) in [7, 11) is 1.45. The highest BCUT2D eigenvalue weighted by Crippen LogP contribution is 1.97. The molecule has 0 fully saturated rings. The fourth-order valence-corrected chi connectivity index (χ4v) is 1.59. The molecule has 0 aliphatic rings. The number of hydrogen-bond acceptors (Lipinski definition) is 4. The van der Waals surface area contributed by atoms with Gasteiger partial charge in [-0.1, -0.05) is 18.2 Å². The van der Waals surface area contributed by atoms with Crippen LogP contribution in [0.4, 0.5) is 0 Å². The molecule has 1 rings (SSSR count). The molecule has 7 nitrogen and oxygen atoms in total. The van der Waals surface area contributed by atoms with Crippen LogP contribution in [0.2, 0.25) is 0 Å². The summed E-state index contributed by atoms with van der Waals surface area (Å²) >= 11 is 0. The molecule has 0 saturated heterocycles. The van der Waals surface area contributed by atoms with E-state index in [9.17, 15) is 14.4 Å². The first-order chi connectivity index (χ1) is 10.0. The Hall–Kier alpha value is -2.41. The highest BCUT2D eigenvalue weighted by Gasteiger charge is 2.19. The number of carboxylic acid groups (broad SMARTS) is 1. The van der Waals surface area contributed by atoms with Gasteiger partial charge in [-0.25, -0.2) is 4.79 Å². The molecule has 0 aromatic heterocycles. The first-order valence-electron chi connectivity index (χ1n) is 6.39. The molecular formula is C14H18N2O5. The van der Waals surface area contributed by atoms with E-state index < -0.39 is 23.8 Å². The summed E-state index contributed by atoms with van der Waals surface area (Å²) in [5.74, 6) is -2.10. The van der Waals surface area contributed by atoms with Gasteiger partial charge in [-0.3, -0.25) is 9.59 Å². The Bertz CT molecular complexity index is 489. The summed E-state index contributed by atoms with van der Waals surface area (Å²) in [5.41, 5.74) is 0.430. The largest absolute Gasteiger partial charge is 0.480 e. The summed E-state index contributed by atoms with van der Waals surface area (Å²) < 4.78 is 4.78. The summed E-state index contributed by atoms with van der Waals surface area (Å²) in [6.45, 7) is -0.0713. The molecule has 0 radical (unpaired) electrons. The van der Waals surface area contributed by atoms with Gasteiger partial charge in [0.2, 0.25) is 5.91 Å². The van der Waals surface area contributed by atoms with Gasteiger partial charge in [-0.2, -0.15) is 0 Å². The van der Waals surface area contributed by atoms with Gasteiger partial charge in [-0.15, -0.1) is 0 Å². The van der Waals surface area contributed by atoms with Crippen molar-refractivity contribution < 1.29 is 24.2 Å². The van der Waals surface area contributed by atoms with Crippen molar-refractivity contribution in [3.63, 3.8) is 0 Å². The second-order valence-corrected chi connectivity index (χ2v) is 4.29. The summed E-state index contributed by atoms with van der Waals surface area (Å²) in [5, 5.41) is 13.7. The van der Waals surface area contributed by atoms with Crippen LogP contribution in [0.15, 0.2) is 30.3 Å². The minimum absolute atomic E-state index is 0.157. The van der Waals surface area contributed by atoms with E-state index >= 15 is 0 Å². The SMILES string of the molecule is COCCC(NC(=O)CNC(=O)c1ccccc1)C(=O)O. The van der Waals surface area contributed by atoms with Crippen LogP contribution in [0.1, 0.15) is 16.8 Å². The van der Waals surface area contributed by atoms with Crippen molar-refractivity contribution in [2.24, 2.45) is 0 Å². The minimum Gasteiger partial charge on any atom is -0.480 e. The number of methoxy groups -OCH3 is 1. The predicted octanol–water partition coefficient (Wildman–Crippen LogP) is 0.0223. The number of benzene rings is 1.